The van der Waals surface area contributed by atoms with E-state index >= 15 is 0 Å². The Morgan fingerprint density at radius 1 is 1.38 bits per heavy atom. The molecule has 1 fully saturated rings. The topological polar surface area (TPSA) is 68.8 Å². The Morgan fingerprint density at radius 3 is 2.67 bits per heavy atom. The molecule has 2 rings (SSSR count). The molecule has 2 radical (unpaired) electrons. The first kappa shape index (κ1) is 16.1. The van der Waals surface area contributed by atoms with Crippen molar-refractivity contribution in [2.24, 2.45) is 5.92 Å². The monoisotopic (exact) mass is 287 g/mol. The van der Waals surface area contributed by atoms with Crippen molar-refractivity contribution in [1.29, 1.82) is 0 Å². The normalized spacial score (nSPS) is 27.9. The number of carboxylic acid groups (broad SMARTS) is 1. The van der Waals surface area contributed by atoms with Crippen LogP contribution in [0.5, 0.6) is 0 Å². The highest BCUT2D eigenvalue weighted by Crippen LogP contribution is 2.45. The lowest BCUT2D eigenvalue weighted by Crippen LogP contribution is -2.22. The molecule has 4 nitrogen and oxygen atoms in total. The van der Waals surface area contributed by atoms with Gasteiger partial charge in [0.15, 0.2) is 0 Å². The van der Waals surface area contributed by atoms with Crippen molar-refractivity contribution in [3.63, 3.8) is 0 Å². The fraction of sp³-hybridized carbons (Fsp3) is 0.750. The Balaban J connectivity index is 2.04. The molecule has 1 saturated carbocycles. The van der Waals surface area contributed by atoms with Gasteiger partial charge in [0.1, 0.15) is 5.69 Å². The minimum atomic E-state index is -1.22. The zero-order valence-electron chi connectivity index (χ0n) is 13.0. The number of nitrogens with one attached hydrogen (secondary N) is 1. The molecule has 2 unspecified atom stereocenters. The van der Waals surface area contributed by atoms with Crippen molar-refractivity contribution in [3.05, 3.63) is 17.5 Å². The van der Waals surface area contributed by atoms with Crippen LogP contribution in [0.25, 0.3) is 0 Å². The number of aromatic nitrogens is 2. The molecular weight excluding hydrogens is 263 g/mol. The van der Waals surface area contributed by atoms with Crippen molar-refractivity contribution < 1.29 is 9.90 Å². The molecule has 0 bridgehead atoms. The van der Waals surface area contributed by atoms with Gasteiger partial charge in [-0.05, 0) is 24.8 Å². The molecule has 114 valence electrons. The molecule has 2 atom stereocenters. The van der Waals surface area contributed by atoms with Gasteiger partial charge in [-0.15, -0.1) is 0 Å². The Labute approximate surface area is 128 Å². The SMILES string of the molecule is [B]C1(C(C)C)CCCCC(c2cc(C(=O)[O-])n[nH]2)CCC1. The fourth-order valence-electron chi connectivity index (χ4n) is 3.33. The van der Waals surface area contributed by atoms with Crippen LogP contribution in [-0.2, 0) is 0 Å². The number of hydrogen-bond acceptors (Lipinski definition) is 3. The maximum Gasteiger partial charge on any atom is 0.108 e. The summed E-state index contributed by atoms with van der Waals surface area (Å²) in [4.78, 5) is 10.8. The van der Waals surface area contributed by atoms with Gasteiger partial charge < -0.3 is 9.90 Å². The van der Waals surface area contributed by atoms with Gasteiger partial charge in [-0.2, -0.15) is 5.10 Å². The first-order chi connectivity index (χ1) is 9.92. The van der Waals surface area contributed by atoms with E-state index in [4.69, 9.17) is 7.85 Å². The van der Waals surface area contributed by atoms with Gasteiger partial charge in [-0.3, -0.25) is 5.10 Å². The molecule has 0 spiro atoms. The maximum atomic E-state index is 10.8. The largest absolute Gasteiger partial charge is 0.543 e. The van der Waals surface area contributed by atoms with Crippen molar-refractivity contribution >= 4 is 13.8 Å². The average molecular weight is 287 g/mol. The third-order valence-corrected chi connectivity index (χ3v) is 5.04. The minimum absolute atomic E-state index is 0.000207. The van der Waals surface area contributed by atoms with Crippen LogP contribution in [0.2, 0.25) is 5.31 Å². The first-order valence-electron chi connectivity index (χ1n) is 7.98. The van der Waals surface area contributed by atoms with Gasteiger partial charge in [0, 0.05) is 11.6 Å². The molecule has 1 N–H and O–H groups in total. The summed E-state index contributed by atoms with van der Waals surface area (Å²) in [5.74, 6) is -0.382. The highest BCUT2D eigenvalue weighted by molar-refractivity contribution is 6.15. The molecule has 0 aromatic carbocycles. The number of carboxylic acids is 1. The van der Waals surface area contributed by atoms with E-state index in [-0.39, 0.29) is 11.0 Å². The Morgan fingerprint density at radius 2 is 2.05 bits per heavy atom. The molecule has 1 aliphatic carbocycles. The molecule has 1 aromatic heterocycles. The number of rotatable bonds is 3. The molecule has 5 heteroatoms. The summed E-state index contributed by atoms with van der Waals surface area (Å²) >= 11 is 0. The number of aromatic carboxylic acids is 1. The van der Waals surface area contributed by atoms with Crippen molar-refractivity contribution in [2.75, 3.05) is 0 Å². The third-order valence-electron chi connectivity index (χ3n) is 5.04. The molecule has 21 heavy (non-hydrogen) atoms. The van der Waals surface area contributed by atoms with E-state index in [9.17, 15) is 9.90 Å². The van der Waals surface area contributed by atoms with Gasteiger partial charge in [0.2, 0.25) is 0 Å². The van der Waals surface area contributed by atoms with Crippen LogP contribution in [0.15, 0.2) is 6.07 Å². The zero-order valence-corrected chi connectivity index (χ0v) is 13.0. The summed E-state index contributed by atoms with van der Waals surface area (Å²) in [5.41, 5.74) is 0.920. The van der Waals surface area contributed by atoms with E-state index in [0.29, 0.717) is 11.8 Å². The Hall–Kier alpha value is -1.26. The van der Waals surface area contributed by atoms with E-state index < -0.39 is 5.97 Å². The molecule has 1 aliphatic rings. The number of hydrogen-bond donors (Lipinski definition) is 1. The summed E-state index contributed by atoms with van der Waals surface area (Å²) in [6.45, 7) is 4.41. The smallest absolute Gasteiger partial charge is 0.108 e. The van der Waals surface area contributed by atoms with Crippen LogP contribution in [0.4, 0.5) is 0 Å². The molecular formula is C16H24BN2O2-. The molecule has 1 heterocycles. The van der Waals surface area contributed by atoms with Crippen molar-refractivity contribution in [2.45, 2.75) is 70.0 Å². The second-order valence-electron chi connectivity index (χ2n) is 6.72. The van der Waals surface area contributed by atoms with Crippen LogP contribution in [0, 0.1) is 5.92 Å². The molecule has 0 amide bonds. The van der Waals surface area contributed by atoms with Gasteiger partial charge in [0.05, 0.1) is 13.8 Å². The van der Waals surface area contributed by atoms with E-state index in [2.05, 4.69) is 24.0 Å². The predicted molar refractivity (Wildman–Crippen MR) is 81.3 cm³/mol. The molecule has 0 saturated heterocycles. The number of carbonyl (C=O) groups is 1. The van der Waals surface area contributed by atoms with Crippen LogP contribution in [0.3, 0.4) is 0 Å². The summed E-state index contributed by atoms with van der Waals surface area (Å²) < 4.78 is 0. The van der Waals surface area contributed by atoms with E-state index in [1.807, 2.05) is 0 Å². The van der Waals surface area contributed by atoms with Crippen LogP contribution in [0.1, 0.15) is 80.9 Å². The number of H-pyrrole nitrogens is 1. The summed E-state index contributed by atoms with van der Waals surface area (Å²) in [6, 6.07) is 1.62. The summed E-state index contributed by atoms with van der Waals surface area (Å²) in [7, 11) is 6.56. The van der Waals surface area contributed by atoms with Crippen LogP contribution in [-0.4, -0.2) is 24.0 Å². The number of nitrogens with zero attached hydrogens (tertiary/aromatic N) is 1. The van der Waals surface area contributed by atoms with Crippen LogP contribution < -0.4 is 5.11 Å². The average Bonchev–Trinajstić information content (AvgIpc) is 2.92. The third kappa shape index (κ3) is 3.89. The highest BCUT2D eigenvalue weighted by atomic mass is 16.4. The van der Waals surface area contributed by atoms with E-state index in [1.54, 1.807) is 6.07 Å². The lowest BCUT2D eigenvalue weighted by atomic mass is 9.57. The number of aromatic amines is 1. The Kier molecular flexibility index (Phi) is 5.12. The van der Waals surface area contributed by atoms with Gasteiger partial charge in [-0.1, -0.05) is 51.3 Å². The van der Waals surface area contributed by atoms with Gasteiger partial charge >= 0.3 is 0 Å². The minimum Gasteiger partial charge on any atom is -0.543 e. The zero-order chi connectivity index (χ0) is 15.5. The Bertz CT molecular complexity index is 486. The van der Waals surface area contributed by atoms with E-state index in [0.717, 1.165) is 50.6 Å². The summed E-state index contributed by atoms with van der Waals surface area (Å²) in [6.07, 6.45) is 7.51. The molecule has 1 aromatic rings. The lowest BCUT2D eigenvalue weighted by molar-refractivity contribution is -0.255. The first-order valence-corrected chi connectivity index (χ1v) is 7.98. The van der Waals surface area contributed by atoms with Crippen molar-refractivity contribution in [1.82, 2.24) is 10.2 Å². The second-order valence-corrected chi connectivity index (χ2v) is 6.72. The quantitative estimate of drug-likeness (QED) is 0.869. The summed E-state index contributed by atoms with van der Waals surface area (Å²) in [5, 5.41) is 17.4. The molecule has 0 aliphatic heterocycles. The van der Waals surface area contributed by atoms with Gasteiger partial charge in [-0.25, -0.2) is 0 Å². The lowest BCUT2D eigenvalue weighted by Gasteiger charge is -2.34. The number of carbonyl (C=O) groups excluding carboxylic acids is 1. The van der Waals surface area contributed by atoms with Crippen molar-refractivity contribution in [3.8, 4) is 0 Å². The predicted octanol–water partition coefficient (Wildman–Crippen LogP) is 2.58. The van der Waals surface area contributed by atoms with Gasteiger partial charge in [0.25, 0.3) is 0 Å². The maximum absolute atomic E-state index is 10.8. The highest BCUT2D eigenvalue weighted by Gasteiger charge is 2.28. The fourth-order valence-corrected chi connectivity index (χ4v) is 3.33. The standard InChI is InChI=1S/C16H25BN2O2/c1-11(2)16(17)8-4-3-6-12(7-5-9-16)13-10-14(15(20)21)19-18-13/h10-12H,3-9H2,1-2H3,(H,18,19)(H,20,21)/p-1. The second kappa shape index (κ2) is 6.67. The van der Waals surface area contributed by atoms with E-state index in [1.165, 1.54) is 0 Å². The van der Waals surface area contributed by atoms with Crippen LogP contribution >= 0.6 is 0 Å².